The smallest absolute Gasteiger partial charge is 0.271 e. The van der Waals surface area contributed by atoms with Crippen molar-refractivity contribution in [3.63, 3.8) is 0 Å². The molecule has 0 radical (unpaired) electrons. The number of aliphatic imine (C=N–C) groups is 1. The van der Waals surface area contributed by atoms with E-state index in [1.54, 1.807) is 12.0 Å². The summed E-state index contributed by atoms with van der Waals surface area (Å²) in [5.74, 6) is 0.702. The predicted molar refractivity (Wildman–Crippen MR) is 121 cm³/mol. The lowest BCUT2D eigenvalue weighted by Gasteiger charge is -2.15. The minimum Gasteiger partial charge on any atom is -0.497 e. The molecule has 0 aliphatic carbocycles. The van der Waals surface area contributed by atoms with Crippen LogP contribution in [0.2, 0.25) is 0 Å². The SMILES string of the molecule is COc1ccc(/C=C2\SC(=Nc3ccc(C)cc3)N(c3ccccc3)C2=O)cc1. The average molecular weight is 401 g/mol. The lowest BCUT2D eigenvalue weighted by atomic mass is 10.2. The number of amides is 1. The van der Waals surface area contributed by atoms with E-state index in [-0.39, 0.29) is 5.91 Å². The number of rotatable bonds is 4. The quantitative estimate of drug-likeness (QED) is 0.519. The van der Waals surface area contributed by atoms with Crippen LogP contribution in [0, 0.1) is 6.92 Å². The van der Waals surface area contributed by atoms with E-state index >= 15 is 0 Å². The average Bonchev–Trinajstić information content (AvgIpc) is 3.05. The standard InChI is InChI=1S/C24H20N2O2S/c1-17-8-12-19(13-9-17)25-24-26(20-6-4-3-5-7-20)23(27)22(29-24)16-18-10-14-21(28-2)15-11-18/h3-16H,1-2H3/b22-16-,25-24?. The van der Waals surface area contributed by atoms with E-state index in [1.807, 2.05) is 91.9 Å². The molecular formula is C24H20N2O2S. The number of anilines is 1. The van der Waals surface area contributed by atoms with Gasteiger partial charge in [-0.25, -0.2) is 4.99 Å². The van der Waals surface area contributed by atoms with Gasteiger partial charge >= 0.3 is 0 Å². The first-order chi connectivity index (χ1) is 14.1. The van der Waals surface area contributed by atoms with Gasteiger partial charge in [-0.15, -0.1) is 0 Å². The Kier molecular flexibility index (Phi) is 5.49. The molecule has 1 amide bonds. The molecule has 1 heterocycles. The molecule has 144 valence electrons. The monoisotopic (exact) mass is 400 g/mol. The van der Waals surface area contributed by atoms with E-state index in [9.17, 15) is 4.79 Å². The number of nitrogens with zero attached hydrogens (tertiary/aromatic N) is 2. The topological polar surface area (TPSA) is 41.9 Å². The number of methoxy groups -OCH3 is 1. The van der Waals surface area contributed by atoms with Crippen molar-refractivity contribution in [2.45, 2.75) is 6.92 Å². The van der Waals surface area contributed by atoms with Crippen LogP contribution < -0.4 is 9.64 Å². The summed E-state index contributed by atoms with van der Waals surface area (Å²) in [7, 11) is 1.63. The maximum Gasteiger partial charge on any atom is 0.271 e. The van der Waals surface area contributed by atoms with E-state index in [0.717, 1.165) is 22.7 Å². The number of thioether (sulfide) groups is 1. The van der Waals surface area contributed by atoms with Crippen LogP contribution in [0.15, 0.2) is 88.8 Å². The fourth-order valence-electron chi connectivity index (χ4n) is 2.93. The molecule has 3 aromatic carbocycles. The number of hydrogen-bond donors (Lipinski definition) is 0. The Labute approximate surface area is 174 Å². The van der Waals surface area contributed by atoms with Crippen LogP contribution in [0.1, 0.15) is 11.1 Å². The third kappa shape index (κ3) is 4.25. The maximum atomic E-state index is 13.2. The van der Waals surface area contributed by atoms with Gasteiger partial charge in [0.2, 0.25) is 0 Å². The van der Waals surface area contributed by atoms with Crippen molar-refractivity contribution >= 4 is 40.3 Å². The number of benzene rings is 3. The summed E-state index contributed by atoms with van der Waals surface area (Å²) in [6.45, 7) is 2.04. The first-order valence-electron chi connectivity index (χ1n) is 9.22. The summed E-state index contributed by atoms with van der Waals surface area (Å²) in [6.07, 6.45) is 1.89. The molecule has 0 spiro atoms. The molecule has 29 heavy (non-hydrogen) atoms. The maximum absolute atomic E-state index is 13.2. The number of amidine groups is 1. The second-order valence-electron chi connectivity index (χ2n) is 6.59. The van der Waals surface area contributed by atoms with Crippen molar-refractivity contribution in [3.8, 4) is 5.75 Å². The van der Waals surface area contributed by atoms with Gasteiger partial charge in [0.1, 0.15) is 5.75 Å². The molecule has 1 fully saturated rings. The molecule has 3 aromatic rings. The first-order valence-corrected chi connectivity index (χ1v) is 10.0. The van der Waals surface area contributed by atoms with Gasteiger partial charge in [0.15, 0.2) is 5.17 Å². The van der Waals surface area contributed by atoms with Gasteiger partial charge < -0.3 is 4.74 Å². The molecule has 1 saturated heterocycles. The highest BCUT2D eigenvalue weighted by Gasteiger charge is 2.34. The van der Waals surface area contributed by atoms with Crippen LogP contribution >= 0.6 is 11.8 Å². The summed E-state index contributed by atoms with van der Waals surface area (Å²) in [4.78, 5) is 20.3. The molecule has 1 aliphatic rings. The molecule has 0 N–H and O–H groups in total. The van der Waals surface area contributed by atoms with Crippen molar-refractivity contribution < 1.29 is 9.53 Å². The number of carbonyl (C=O) groups is 1. The first kappa shape index (κ1) is 19.0. The molecule has 0 bridgehead atoms. The fraction of sp³-hybridized carbons (Fsp3) is 0.0833. The van der Waals surface area contributed by atoms with Gasteiger partial charge in [0, 0.05) is 0 Å². The van der Waals surface area contributed by atoms with E-state index in [0.29, 0.717) is 10.1 Å². The van der Waals surface area contributed by atoms with E-state index < -0.39 is 0 Å². The van der Waals surface area contributed by atoms with Crippen molar-refractivity contribution in [1.82, 2.24) is 0 Å². The third-order valence-corrected chi connectivity index (χ3v) is 5.46. The molecule has 4 rings (SSSR count). The van der Waals surface area contributed by atoms with Crippen LogP contribution in [0.5, 0.6) is 5.75 Å². The molecular weight excluding hydrogens is 380 g/mol. The number of aryl methyl sites for hydroxylation is 1. The Morgan fingerprint density at radius 1 is 0.931 bits per heavy atom. The van der Waals surface area contributed by atoms with Gasteiger partial charge in [0.25, 0.3) is 5.91 Å². The van der Waals surface area contributed by atoms with Gasteiger partial charge in [0.05, 0.1) is 23.4 Å². The molecule has 1 aliphatic heterocycles. The Balaban J connectivity index is 1.73. The van der Waals surface area contributed by atoms with Gasteiger partial charge in [-0.1, -0.05) is 48.0 Å². The lowest BCUT2D eigenvalue weighted by Crippen LogP contribution is -2.28. The van der Waals surface area contributed by atoms with E-state index in [1.165, 1.54) is 17.3 Å². The summed E-state index contributed by atoms with van der Waals surface area (Å²) in [5.41, 5.74) is 3.72. The Hall–Kier alpha value is -3.31. The highest BCUT2D eigenvalue weighted by molar-refractivity contribution is 8.19. The zero-order valence-electron chi connectivity index (χ0n) is 16.2. The number of ether oxygens (including phenoxy) is 1. The summed E-state index contributed by atoms with van der Waals surface area (Å²) < 4.78 is 5.21. The molecule has 0 saturated carbocycles. The van der Waals surface area contributed by atoms with Crippen molar-refractivity contribution in [3.05, 3.63) is 94.9 Å². The van der Waals surface area contributed by atoms with E-state index in [2.05, 4.69) is 0 Å². The highest BCUT2D eigenvalue weighted by Crippen LogP contribution is 2.37. The molecule has 5 heteroatoms. The predicted octanol–water partition coefficient (Wildman–Crippen LogP) is 5.81. The number of hydrogen-bond acceptors (Lipinski definition) is 4. The molecule has 0 unspecified atom stereocenters. The van der Waals surface area contributed by atoms with Crippen molar-refractivity contribution in [1.29, 1.82) is 0 Å². The van der Waals surface area contributed by atoms with Gasteiger partial charge in [-0.3, -0.25) is 9.69 Å². The lowest BCUT2D eigenvalue weighted by molar-refractivity contribution is -0.113. The third-order valence-electron chi connectivity index (χ3n) is 4.49. The summed E-state index contributed by atoms with van der Waals surface area (Å²) in [5, 5.41) is 0.643. The number of para-hydroxylation sites is 1. The Morgan fingerprint density at radius 2 is 1.62 bits per heavy atom. The second kappa shape index (κ2) is 8.37. The van der Waals surface area contributed by atoms with Crippen LogP contribution in [-0.4, -0.2) is 18.2 Å². The molecule has 0 aromatic heterocycles. The van der Waals surface area contributed by atoms with Crippen molar-refractivity contribution in [2.24, 2.45) is 4.99 Å². The van der Waals surface area contributed by atoms with E-state index in [4.69, 9.17) is 9.73 Å². The van der Waals surface area contributed by atoms with Crippen molar-refractivity contribution in [2.75, 3.05) is 12.0 Å². The van der Waals surface area contributed by atoms with Crippen LogP contribution in [-0.2, 0) is 4.79 Å². The minimum atomic E-state index is -0.0807. The number of carbonyl (C=O) groups excluding carboxylic acids is 1. The minimum absolute atomic E-state index is 0.0807. The largest absolute Gasteiger partial charge is 0.497 e. The van der Waals surface area contributed by atoms with Gasteiger partial charge in [-0.05, 0) is 66.7 Å². The zero-order chi connectivity index (χ0) is 20.2. The highest BCUT2D eigenvalue weighted by atomic mass is 32.2. The summed E-state index contributed by atoms with van der Waals surface area (Å²) in [6, 6.07) is 25.2. The zero-order valence-corrected chi connectivity index (χ0v) is 17.0. The van der Waals surface area contributed by atoms with Crippen LogP contribution in [0.4, 0.5) is 11.4 Å². The summed E-state index contributed by atoms with van der Waals surface area (Å²) >= 11 is 1.38. The Bertz CT molecular complexity index is 1070. The molecule has 4 nitrogen and oxygen atoms in total. The Morgan fingerprint density at radius 3 is 2.28 bits per heavy atom. The van der Waals surface area contributed by atoms with Crippen LogP contribution in [0.3, 0.4) is 0 Å². The van der Waals surface area contributed by atoms with Crippen LogP contribution in [0.25, 0.3) is 6.08 Å². The van der Waals surface area contributed by atoms with Gasteiger partial charge in [-0.2, -0.15) is 0 Å². The molecule has 0 atom stereocenters. The fourth-order valence-corrected chi connectivity index (χ4v) is 3.94. The second-order valence-corrected chi connectivity index (χ2v) is 7.60. The normalized spacial score (nSPS) is 16.6.